The molecule has 0 aromatic carbocycles. The highest BCUT2D eigenvalue weighted by molar-refractivity contribution is 5.37. The number of aromatic amines is 1. The van der Waals surface area contributed by atoms with Crippen molar-refractivity contribution in [1.29, 1.82) is 0 Å². The average Bonchev–Trinajstić information content (AvgIpc) is 2.18. The van der Waals surface area contributed by atoms with E-state index in [9.17, 15) is 4.79 Å². The van der Waals surface area contributed by atoms with E-state index in [4.69, 9.17) is 5.73 Å². The second-order valence-electron chi connectivity index (χ2n) is 3.62. The molecule has 14 heavy (non-hydrogen) atoms. The highest BCUT2D eigenvalue weighted by Crippen LogP contribution is 2.14. The van der Waals surface area contributed by atoms with Gasteiger partial charge in [-0.15, -0.1) is 0 Å². The average molecular weight is 194 g/mol. The van der Waals surface area contributed by atoms with Gasteiger partial charge in [0.2, 0.25) is 0 Å². The quantitative estimate of drug-likeness (QED) is 0.643. The number of nitrogens with two attached hydrogens (primary N) is 1. The van der Waals surface area contributed by atoms with Crippen LogP contribution < -0.4 is 16.2 Å². The van der Waals surface area contributed by atoms with E-state index >= 15 is 0 Å². The molecule has 0 spiro atoms. The molecule has 0 radical (unpaired) electrons. The molecule has 76 valence electrons. The Hall–Kier alpha value is -1.36. The lowest BCUT2D eigenvalue weighted by Crippen LogP contribution is -2.43. The lowest BCUT2D eigenvalue weighted by Gasteiger charge is -2.31. The van der Waals surface area contributed by atoms with Crippen molar-refractivity contribution >= 4 is 5.82 Å². The summed E-state index contributed by atoms with van der Waals surface area (Å²) in [5.74, 6) is 0.726. The maximum atomic E-state index is 11.1. The van der Waals surface area contributed by atoms with Crippen LogP contribution in [0.4, 0.5) is 5.82 Å². The van der Waals surface area contributed by atoms with E-state index in [1.807, 2.05) is 0 Å². The molecule has 3 N–H and O–H groups in total. The predicted octanol–water partition coefficient (Wildman–Crippen LogP) is -0.303. The maximum absolute atomic E-state index is 11.1. The van der Waals surface area contributed by atoms with Crippen LogP contribution in [0.2, 0.25) is 0 Å². The van der Waals surface area contributed by atoms with Crippen molar-refractivity contribution in [3.63, 3.8) is 0 Å². The normalized spacial score (nSPS) is 22.4. The van der Waals surface area contributed by atoms with Crippen LogP contribution in [-0.4, -0.2) is 29.1 Å². The van der Waals surface area contributed by atoms with Crippen molar-refractivity contribution in [2.24, 2.45) is 5.73 Å². The van der Waals surface area contributed by atoms with E-state index in [1.165, 1.54) is 12.4 Å². The third-order valence-electron chi connectivity index (χ3n) is 2.45. The first-order chi connectivity index (χ1) is 6.75. The Morgan fingerprint density at radius 3 is 3.21 bits per heavy atom. The molecule has 0 bridgehead atoms. The zero-order valence-corrected chi connectivity index (χ0v) is 7.94. The molecule has 1 aromatic heterocycles. The van der Waals surface area contributed by atoms with Gasteiger partial charge in [-0.3, -0.25) is 4.79 Å². The Kier molecular flexibility index (Phi) is 2.49. The predicted molar refractivity (Wildman–Crippen MR) is 54.3 cm³/mol. The lowest BCUT2D eigenvalue weighted by atomic mass is 10.1. The summed E-state index contributed by atoms with van der Waals surface area (Å²) in [7, 11) is 0. The number of hydrogen-bond acceptors (Lipinski definition) is 4. The summed E-state index contributed by atoms with van der Waals surface area (Å²) >= 11 is 0. The molecule has 1 fully saturated rings. The van der Waals surface area contributed by atoms with Crippen LogP contribution in [0.25, 0.3) is 0 Å². The lowest BCUT2D eigenvalue weighted by molar-refractivity contribution is 0.503. The number of anilines is 1. The molecular formula is C9H14N4O. The molecule has 2 heterocycles. The summed E-state index contributed by atoms with van der Waals surface area (Å²) in [5.41, 5.74) is 5.73. The van der Waals surface area contributed by atoms with Crippen molar-refractivity contribution < 1.29 is 0 Å². The number of aromatic nitrogens is 2. The zero-order chi connectivity index (χ0) is 9.97. The molecule has 0 unspecified atom stereocenters. The van der Waals surface area contributed by atoms with E-state index in [-0.39, 0.29) is 11.6 Å². The Morgan fingerprint density at radius 2 is 2.50 bits per heavy atom. The van der Waals surface area contributed by atoms with Crippen LogP contribution in [0.15, 0.2) is 17.2 Å². The maximum Gasteiger partial charge on any atom is 0.252 e. The van der Waals surface area contributed by atoms with Crippen LogP contribution in [0, 0.1) is 0 Å². The SMILES string of the molecule is N[C@@H]1CCCN(c2cc(=O)[nH]cn2)C1. The van der Waals surface area contributed by atoms with Crippen LogP contribution in [0.3, 0.4) is 0 Å². The first kappa shape index (κ1) is 9.21. The Balaban J connectivity index is 2.18. The van der Waals surface area contributed by atoms with Gasteiger partial charge >= 0.3 is 0 Å². The number of rotatable bonds is 1. The van der Waals surface area contributed by atoms with E-state index in [1.54, 1.807) is 0 Å². The van der Waals surface area contributed by atoms with Gasteiger partial charge in [-0.1, -0.05) is 0 Å². The highest BCUT2D eigenvalue weighted by atomic mass is 16.1. The molecule has 1 atom stereocenters. The summed E-state index contributed by atoms with van der Waals surface area (Å²) in [5, 5.41) is 0. The molecule has 2 rings (SSSR count). The van der Waals surface area contributed by atoms with Crippen LogP contribution >= 0.6 is 0 Å². The molecule has 5 nitrogen and oxygen atoms in total. The monoisotopic (exact) mass is 194 g/mol. The van der Waals surface area contributed by atoms with E-state index in [2.05, 4.69) is 14.9 Å². The molecule has 1 saturated heterocycles. The van der Waals surface area contributed by atoms with E-state index < -0.39 is 0 Å². The van der Waals surface area contributed by atoms with Gasteiger partial charge in [0.1, 0.15) is 5.82 Å². The largest absolute Gasteiger partial charge is 0.355 e. The minimum absolute atomic E-state index is 0.117. The van der Waals surface area contributed by atoms with Gasteiger partial charge in [0.15, 0.2) is 0 Å². The summed E-state index contributed by atoms with van der Waals surface area (Å²) in [4.78, 5) is 19.7. The standard InChI is InChI=1S/C9H14N4O/c10-7-2-1-3-13(5-7)8-4-9(14)12-6-11-8/h4,6-7H,1-3,5,10H2,(H,11,12,14)/t7-/m1/s1. The minimum Gasteiger partial charge on any atom is -0.355 e. The Labute approximate surface area is 82.0 Å². The van der Waals surface area contributed by atoms with Crippen LogP contribution in [-0.2, 0) is 0 Å². The molecule has 0 aliphatic carbocycles. The number of nitrogens with zero attached hydrogens (tertiary/aromatic N) is 2. The second kappa shape index (κ2) is 3.79. The summed E-state index contributed by atoms with van der Waals surface area (Å²) in [6.07, 6.45) is 3.55. The molecule has 1 aromatic rings. The van der Waals surface area contributed by atoms with Crippen molar-refractivity contribution in [3.05, 3.63) is 22.7 Å². The van der Waals surface area contributed by atoms with Crippen molar-refractivity contribution in [1.82, 2.24) is 9.97 Å². The van der Waals surface area contributed by atoms with Crippen molar-refractivity contribution in [3.8, 4) is 0 Å². The molecule has 0 saturated carbocycles. The van der Waals surface area contributed by atoms with Crippen molar-refractivity contribution in [2.45, 2.75) is 18.9 Å². The summed E-state index contributed by atoms with van der Waals surface area (Å²) < 4.78 is 0. The van der Waals surface area contributed by atoms with Crippen LogP contribution in [0.5, 0.6) is 0 Å². The zero-order valence-electron chi connectivity index (χ0n) is 7.94. The van der Waals surface area contributed by atoms with E-state index in [0.29, 0.717) is 0 Å². The number of hydrogen-bond donors (Lipinski definition) is 2. The third kappa shape index (κ3) is 1.93. The molecule has 5 heteroatoms. The fraction of sp³-hybridized carbons (Fsp3) is 0.556. The van der Waals surface area contributed by atoms with Gasteiger partial charge in [-0.05, 0) is 12.8 Å². The molecule has 1 aliphatic rings. The fourth-order valence-corrected chi connectivity index (χ4v) is 1.75. The summed E-state index contributed by atoms with van der Waals surface area (Å²) in [6.45, 7) is 1.72. The molecule has 0 amide bonds. The van der Waals surface area contributed by atoms with Gasteiger partial charge in [0.05, 0.1) is 6.33 Å². The molecular weight excluding hydrogens is 180 g/mol. The smallest absolute Gasteiger partial charge is 0.252 e. The number of piperidine rings is 1. The number of H-pyrrole nitrogens is 1. The van der Waals surface area contributed by atoms with Gasteiger partial charge < -0.3 is 15.6 Å². The first-order valence-electron chi connectivity index (χ1n) is 4.81. The summed E-state index contributed by atoms with van der Waals surface area (Å²) in [6, 6.07) is 1.71. The van der Waals surface area contributed by atoms with E-state index in [0.717, 1.165) is 31.7 Å². The minimum atomic E-state index is -0.117. The van der Waals surface area contributed by atoms with Gasteiger partial charge in [-0.2, -0.15) is 0 Å². The van der Waals surface area contributed by atoms with Gasteiger partial charge in [0, 0.05) is 25.2 Å². The molecule has 1 aliphatic heterocycles. The van der Waals surface area contributed by atoms with Crippen LogP contribution in [0.1, 0.15) is 12.8 Å². The Bertz CT molecular complexity index is 362. The highest BCUT2D eigenvalue weighted by Gasteiger charge is 2.17. The fourth-order valence-electron chi connectivity index (χ4n) is 1.75. The first-order valence-corrected chi connectivity index (χ1v) is 4.81. The Morgan fingerprint density at radius 1 is 1.64 bits per heavy atom. The van der Waals surface area contributed by atoms with Gasteiger partial charge in [0.25, 0.3) is 5.56 Å². The number of nitrogens with one attached hydrogen (secondary N) is 1. The van der Waals surface area contributed by atoms with Gasteiger partial charge in [-0.25, -0.2) is 4.98 Å². The third-order valence-corrected chi connectivity index (χ3v) is 2.45. The van der Waals surface area contributed by atoms with Crippen molar-refractivity contribution in [2.75, 3.05) is 18.0 Å². The second-order valence-corrected chi connectivity index (χ2v) is 3.62. The topological polar surface area (TPSA) is 75.0 Å².